The van der Waals surface area contributed by atoms with Gasteiger partial charge in [0.15, 0.2) is 5.78 Å². The number of carbonyl (C=O) groups excluding carboxylic acids is 1. The normalized spacial score (nSPS) is 11.9. The predicted molar refractivity (Wildman–Crippen MR) is 143 cm³/mol. The zero-order valence-electron chi connectivity index (χ0n) is 19.7. The largest absolute Gasteiger partial charge is 0.512 e. The second kappa shape index (κ2) is 10.5. The average Bonchev–Trinajstić information content (AvgIpc) is 3.30. The van der Waals surface area contributed by atoms with Gasteiger partial charge in [0, 0.05) is 36.3 Å². The SMILES string of the molecule is CC(=O)/C=C(/C)O.CC(C)(C)c1cc(-c2nc3sc4ccccc4c3s2)[c-]c2ccccc12.[Ir]. The van der Waals surface area contributed by atoms with Crippen molar-refractivity contribution in [2.24, 2.45) is 0 Å². The van der Waals surface area contributed by atoms with Crippen molar-refractivity contribution in [1.82, 2.24) is 4.98 Å². The van der Waals surface area contributed by atoms with E-state index in [1.165, 1.54) is 51.0 Å². The van der Waals surface area contributed by atoms with Gasteiger partial charge in [-0.3, -0.25) is 9.78 Å². The van der Waals surface area contributed by atoms with Crippen LogP contribution in [0.1, 0.15) is 40.2 Å². The minimum absolute atomic E-state index is 0. The molecule has 0 aliphatic rings. The molecular formula is C28H26IrNO2S2-. The smallest absolute Gasteiger partial charge is 0.155 e. The first-order valence-corrected chi connectivity index (χ1v) is 12.4. The number of hydrogen-bond acceptors (Lipinski definition) is 5. The third-order valence-electron chi connectivity index (χ3n) is 5.16. The molecule has 0 atom stereocenters. The van der Waals surface area contributed by atoms with Gasteiger partial charge in [-0.15, -0.1) is 40.5 Å². The van der Waals surface area contributed by atoms with E-state index in [0.717, 1.165) is 15.4 Å². The molecule has 0 amide bonds. The number of hydrogen-bond donors (Lipinski definition) is 1. The molecule has 0 saturated heterocycles. The third kappa shape index (κ3) is 5.64. The number of aromatic nitrogens is 1. The first-order valence-electron chi connectivity index (χ1n) is 10.8. The summed E-state index contributed by atoms with van der Waals surface area (Å²) in [6, 6.07) is 23.0. The number of allylic oxidation sites excluding steroid dienone is 2. The van der Waals surface area contributed by atoms with Crippen molar-refractivity contribution in [1.29, 1.82) is 0 Å². The second-order valence-corrected chi connectivity index (χ2v) is 11.1. The number of ketones is 1. The first kappa shape index (κ1) is 26.2. The van der Waals surface area contributed by atoms with E-state index in [2.05, 4.69) is 81.4 Å². The van der Waals surface area contributed by atoms with Crippen molar-refractivity contribution in [3.8, 4) is 10.6 Å². The van der Waals surface area contributed by atoms with Crippen molar-refractivity contribution in [3.05, 3.63) is 78.1 Å². The third-order valence-corrected chi connectivity index (χ3v) is 7.48. The van der Waals surface area contributed by atoms with E-state index < -0.39 is 0 Å². The van der Waals surface area contributed by atoms with E-state index >= 15 is 0 Å². The molecule has 0 aliphatic heterocycles. The average molecular weight is 665 g/mol. The van der Waals surface area contributed by atoms with Crippen LogP contribution in [-0.4, -0.2) is 15.9 Å². The molecule has 1 N–H and O–H groups in total. The molecule has 3 nitrogen and oxygen atoms in total. The number of aliphatic hydroxyl groups is 1. The van der Waals surface area contributed by atoms with Crippen LogP contribution in [0.2, 0.25) is 0 Å². The summed E-state index contributed by atoms with van der Waals surface area (Å²) < 4.78 is 2.60. The van der Waals surface area contributed by atoms with E-state index in [1.54, 1.807) is 22.7 Å². The number of nitrogens with zero attached hydrogens (tertiary/aromatic N) is 1. The van der Waals surface area contributed by atoms with Crippen molar-refractivity contribution in [2.45, 2.75) is 40.0 Å². The van der Waals surface area contributed by atoms with Crippen LogP contribution in [0.4, 0.5) is 0 Å². The maximum atomic E-state index is 10.0. The molecule has 0 unspecified atom stereocenters. The Kier molecular flexibility index (Phi) is 8.10. The molecule has 0 aliphatic carbocycles. The molecule has 34 heavy (non-hydrogen) atoms. The summed E-state index contributed by atoms with van der Waals surface area (Å²) in [5.74, 6) is -0.0625. The summed E-state index contributed by atoms with van der Waals surface area (Å²) in [7, 11) is 0. The summed E-state index contributed by atoms with van der Waals surface area (Å²) in [5.41, 5.74) is 2.53. The molecule has 1 radical (unpaired) electrons. The standard InChI is InChI=1S/C23H18NS2.C5H8O2.Ir/c1-23(2,3)18-13-15(12-14-8-4-5-9-16(14)18)21-24-22-20(26-21)17-10-6-7-11-19(17)25-22;1-4(6)3-5(2)7;/h4-11,13H,1-3H3;3,6H,1-2H3;/q-1;;/b;4-3-;. The summed E-state index contributed by atoms with van der Waals surface area (Å²) in [5, 5.41) is 13.2. The van der Waals surface area contributed by atoms with Crippen LogP contribution in [0.5, 0.6) is 0 Å². The number of aliphatic hydroxyl groups excluding tert-OH is 1. The van der Waals surface area contributed by atoms with Gasteiger partial charge >= 0.3 is 0 Å². The Morgan fingerprint density at radius 2 is 1.65 bits per heavy atom. The minimum atomic E-state index is -0.125. The summed E-state index contributed by atoms with van der Waals surface area (Å²) >= 11 is 3.56. The zero-order chi connectivity index (χ0) is 23.8. The fourth-order valence-electron chi connectivity index (χ4n) is 3.77. The van der Waals surface area contributed by atoms with Gasteiger partial charge in [0.05, 0.1) is 15.5 Å². The Morgan fingerprint density at radius 1 is 1.00 bits per heavy atom. The molecule has 177 valence electrons. The van der Waals surface area contributed by atoms with Crippen LogP contribution in [0.15, 0.2) is 66.4 Å². The number of benzene rings is 3. The summed E-state index contributed by atoms with van der Waals surface area (Å²) in [6.07, 6.45) is 1.17. The Hall–Kier alpha value is -2.37. The monoisotopic (exact) mass is 665 g/mol. The molecule has 5 rings (SSSR count). The van der Waals surface area contributed by atoms with Crippen LogP contribution >= 0.6 is 22.7 Å². The van der Waals surface area contributed by atoms with Crippen LogP contribution < -0.4 is 0 Å². The fraction of sp³-hybridized carbons (Fsp3) is 0.214. The quantitative estimate of drug-likeness (QED) is 0.117. The number of carbonyl (C=O) groups is 1. The van der Waals surface area contributed by atoms with Gasteiger partial charge < -0.3 is 5.11 Å². The van der Waals surface area contributed by atoms with Gasteiger partial charge in [-0.1, -0.05) is 68.1 Å². The number of thiazole rings is 1. The van der Waals surface area contributed by atoms with Crippen LogP contribution in [0, 0.1) is 6.07 Å². The van der Waals surface area contributed by atoms with E-state index in [0.29, 0.717) is 0 Å². The Bertz CT molecular complexity index is 1500. The second-order valence-electron chi connectivity index (χ2n) is 9.04. The number of fused-ring (bicyclic) bond motifs is 4. The molecular weight excluding hydrogens is 639 g/mol. The Morgan fingerprint density at radius 3 is 2.26 bits per heavy atom. The maximum absolute atomic E-state index is 10.0. The van der Waals surface area contributed by atoms with E-state index in [4.69, 9.17) is 10.1 Å². The molecule has 5 aromatic rings. The number of thiophene rings is 1. The molecule has 0 saturated carbocycles. The summed E-state index contributed by atoms with van der Waals surface area (Å²) in [4.78, 5) is 16.1. The van der Waals surface area contributed by atoms with Gasteiger partial charge in [0.2, 0.25) is 0 Å². The van der Waals surface area contributed by atoms with Gasteiger partial charge in [0.1, 0.15) is 4.83 Å². The minimum Gasteiger partial charge on any atom is -0.512 e. The van der Waals surface area contributed by atoms with Crippen molar-refractivity contribution in [2.75, 3.05) is 0 Å². The molecule has 0 fully saturated rings. The molecule has 2 heterocycles. The van der Waals surface area contributed by atoms with Crippen LogP contribution in [-0.2, 0) is 30.3 Å². The molecule has 3 aromatic carbocycles. The van der Waals surface area contributed by atoms with E-state index in [9.17, 15) is 4.79 Å². The first-order chi connectivity index (χ1) is 15.6. The fourth-order valence-corrected chi connectivity index (χ4v) is 6.09. The van der Waals surface area contributed by atoms with Crippen LogP contribution in [0.3, 0.4) is 0 Å². The van der Waals surface area contributed by atoms with Gasteiger partial charge in [0.25, 0.3) is 0 Å². The number of rotatable bonds is 2. The maximum Gasteiger partial charge on any atom is 0.155 e. The molecule has 6 heteroatoms. The molecule has 0 bridgehead atoms. The Labute approximate surface area is 221 Å². The van der Waals surface area contributed by atoms with Crippen molar-refractivity contribution < 1.29 is 30.0 Å². The van der Waals surface area contributed by atoms with Crippen molar-refractivity contribution in [3.63, 3.8) is 0 Å². The molecule has 2 aromatic heterocycles. The predicted octanol–water partition coefficient (Wildman–Crippen LogP) is 8.46. The van der Waals surface area contributed by atoms with Gasteiger partial charge in [-0.2, -0.15) is 11.3 Å². The zero-order valence-corrected chi connectivity index (χ0v) is 23.8. The van der Waals surface area contributed by atoms with Gasteiger partial charge in [-0.05, 0) is 25.3 Å². The summed E-state index contributed by atoms with van der Waals surface area (Å²) in [6.45, 7) is 9.66. The van der Waals surface area contributed by atoms with Crippen molar-refractivity contribution >= 4 is 58.8 Å². The van der Waals surface area contributed by atoms with E-state index in [1.807, 2.05) is 0 Å². The van der Waals surface area contributed by atoms with Gasteiger partial charge in [-0.25, -0.2) is 0 Å². The Balaban J connectivity index is 0.000000357. The van der Waals surface area contributed by atoms with Crippen LogP contribution in [0.25, 0.3) is 41.0 Å². The van der Waals surface area contributed by atoms with E-state index in [-0.39, 0.29) is 37.1 Å². The molecule has 0 spiro atoms. The topological polar surface area (TPSA) is 50.2 Å².